The summed E-state index contributed by atoms with van der Waals surface area (Å²) in [6.07, 6.45) is -3.43. The molecule has 1 aliphatic rings. The van der Waals surface area contributed by atoms with Crippen molar-refractivity contribution in [2.75, 3.05) is 38.0 Å². The van der Waals surface area contributed by atoms with Crippen molar-refractivity contribution in [3.63, 3.8) is 0 Å². The lowest BCUT2D eigenvalue weighted by Crippen LogP contribution is -2.36. The summed E-state index contributed by atoms with van der Waals surface area (Å²) in [4.78, 5) is 16.9. The van der Waals surface area contributed by atoms with E-state index in [0.29, 0.717) is 23.8 Å². The Balaban J connectivity index is 1.51. The quantitative estimate of drug-likeness (QED) is 0.682. The van der Waals surface area contributed by atoms with Crippen molar-refractivity contribution >= 4 is 23.2 Å². The Bertz CT molecular complexity index is 892. The molecule has 4 nitrogen and oxygen atoms in total. The van der Waals surface area contributed by atoms with Gasteiger partial charge in [-0.25, -0.2) is 0 Å². The van der Waals surface area contributed by atoms with E-state index in [9.17, 15) is 18.0 Å². The number of carbonyl (C=O) groups excluding carboxylic acids is 1. The molecule has 1 N–H and O–H groups in total. The summed E-state index contributed by atoms with van der Waals surface area (Å²) < 4.78 is 38.2. The van der Waals surface area contributed by atoms with Crippen LogP contribution >= 0.6 is 11.6 Å². The number of hydrogen-bond acceptors (Lipinski definition) is 3. The largest absolute Gasteiger partial charge is 0.416 e. The average Bonchev–Trinajstić information content (AvgIpc) is 2.89. The lowest BCUT2D eigenvalue weighted by molar-refractivity contribution is -0.137. The normalized spacial score (nSPS) is 16.2. The molecule has 0 saturated carbocycles. The van der Waals surface area contributed by atoms with Gasteiger partial charge in [0.1, 0.15) is 0 Å². The highest BCUT2D eigenvalue weighted by atomic mass is 35.5. The van der Waals surface area contributed by atoms with Gasteiger partial charge in [0, 0.05) is 19.6 Å². The van der Waals surface area contributed by atoms with Gasteiger partial charge >= 0.3 is 6.18 Å². The standard InChI is InChI=1S/C23H27ClF3N3O/c1-16-12-17(2)22(20(24)13-16)28-21(31)15-30-9-3-8-29(10-11-30)14-18-4-6-19(7-5-18)23(25,26)27/h4-7,12-13H,3,8-11,14-15H2,1-2H3,(H,28,31). The molecule has 31 heavy (non-hydrogen) atoms. The molecule has 0 atom stereocenters. The molecule has 1 amide bonds. The van der Waals surface area contributed by atoms with Crippen molar-refractivity contribution in [3.05, 3.63) is 63.7 Å². The van der Waals surface area contributed by atoms with E-state index < -0.39 is 11.7 Å². The molecule has 0 aliphatic carbocycles. The van der Waals surface area contributed by atoms with Gasteiger partial charge in [-0.1, -0.05) is 29.8 Å². The zero-order valence-corrected chi connectivity index (χ0v) is 18.5. The zero-order chi connectivity index (χ0) is 22.6. The monoisotopic (exact) mass is 453 g/mol. The smallest absolute Gasteiger partial charge is 0.323 e. The predicted molar refractivity (Wildman–Crippen MR) is 117 cm³/mol. The summed E-state index contributed by atoms with van der Waals surface area (Å²) in [6.45, 7) is 7.83. The Hall–Kier alpha value is -2.09. The fourth-order valence-corrected chi connectivity index (χ4v) is 4.22. The Labute approximate surface area is 186 Å². The minimum Gasteiger partial charge on any atom is -0.323 e. The van der Waals surface area contributed by atoms with Crippen molar-refractivity contribution in [1.82, 2.24) is 9.80 Å². The summed E-state index contributed by atoms with van der Waals surface area (Å²) in [7, 11) is 0. The van der Waals surface area contributed by atoms with Gasteiger partial charge in [0.25, 0.3) is 0 Å². The second-order valence-corrected chi connectivity index (χ2v) is 8.49. The Morgan fingerprint density at radius 2 is 1.68 bits per heavy atom. The second-order valence-electron chi connectivity index (χ2n) is 8.09. The maximum atomic E-state index is 12.7. The van der Waals surface area contributed by atoms with Gasteiger partial charge in [-0.05, 0) is 68.2 Å². The Morgan fingerprint density at radius 1 is 1.03 bits per heavy atom. The molecule has 0 bridgehead atoms. The van der Waals surface area contributed by atoms with E-state index in [1.807, 2.05) is 26.0 Å². The van der Waals surface area contributed by atoms with E-state index in [4.69, 9.17) is 11.6 Å². The Kier molecular flexibility index (Phi) is 7.62. The fourth-order valence-electron chi connectivity index (χ4n) is 3.85. The number of aryl methyl sites for hydroxylation is 2. The highest BCUT2D eigenvalue weighted by Crippen LogP contribution is 2.29. The van der Waals surface area contributed by atoms with E-state index in [2.05, 4.69) is 15.1 Å². The third kappa shape index (κ3) is 6.69. The van der Waals surface area contributed by atoms with Crippen LogP contribution in [-0.2, 0) is 17.5 Å². The van der Waals surface area contributed by atoms with Gasteiger partial charge in [0.15, 0.2) is 0 Å². The van der Waals surface area contributed by atoms with Crippen LogP contribution < -0.4 is 5.32 Å². The molecule has 1 fully saturated rings. The molecular weight excluding hydrogens is 427 g/mol. The topological polar surface area (TPSA) is 35.6 Å². The first-order valence-electron chi connectivity index (χ1n) is 10.3. The summed E-state index contributed by atoms with van der Waals surface area (Å²) in [5, 5.41) is 3.46. The zero-order valence-electron chi connectivity index (χ0n) is 17.7. The molecule has 0 aromatic heterocycles. The molecule has 1 saturated heterocycles. The molecule has 8 heteroatoms. The lowest BCUT2D eigenvalue weighted by atomic mass is 10.1. The molecule has 2 aromatic carbocycles. The summed E-state index contributed by atoms with van der Waals surface area (Å²) in [5.41, 5.74) is 2.84. The van der Waals surface area contributed by atoms with Crippen LogP contribution in [-0.4, -0.2) is 48.4 Å². The molecule has 1 aliphatic heterocycles. The van der Waals surface area contributed by atoms with Crippen LogP contribution in [0.5, 0.6) is 0 Å². The maximum absolute atomic E-state index is 12.7. The number of carbonyl (C=O) groups is 1. The van der Waals surface area contributed by atoms with Crippen molar-refractivity contribution in [3.8, 4) is 0 Å². The number of nitrogens with one attached hydrogen (secondary N) is 1. The van der Waals surface area contributed by atoms with Crippen LogP contribution in [0.2, 0.25) is 5.02 Å². The van der Waals surface area contributed by atoms with E-state index in [1.54, 1.807) is 0 Å². The SMILES string of the molecule is Cc1cc(C)c(NC(=O)CN2CCCN(Cc3ccc(C(F)(F)F)cc3)CC2)c(Cl)c1. The van der Waals surface area contributed by atoms with E-state index in [1.165, 1.54) is 12.1 Å². The van der Waals surface area contributed by atoms with Crippen LogP contribution in [0.1, 0.15) is 28.7 Å². The first-order valence-corrected chi connectivity index (χ1v) is 10.7. The molecular formula is C23H27ClF3N3O. The number of anilines is 1. The van der Waals surface area contributed by atoms with Crippen LogP contribution in [0.3, 0.4) is 0 Å². The molecule has 0 radical (unpaired) electrons. The lowest BCUT2D eigenvalue weighted by Gasteiger charge is -2.22. The number of benzene rings is 2. The summed E-state index contributed by atoms with van der Waals surface area (Å²) in [6, 6.07) is 9.13. The highest BCUT2D eigenvalue weighted by molar-refractivity contribution is 6.34. The van der Waals surface area contributed by atoms with Gasteiger partial charge < -0.3 is 5.32 Å². The van der Waals surface area contributed by atoms with E-state index in [0.717, 1.165) is 54.9 Å². The van der Waals surface area contributed by atoms with Crippen molar-refractivity contribution in [2.45, 2.75) is 33.0 Å². The average molecular weight is 454 g/mol. The number of halogens is 4. The van der Waals surface area contributed by atoms with E-state index in [-0.39, 0.29) is 12.5 Å². The predicted octanol–water partition coefficient (Wildman–Crippen LogP) is 5.12. The number of rotatable bonds is 5. The maximum Gasteiger partial charge on any atom is 0.416 e. The van der Waals surface area contributed by atoms with Crippen molar-refractivity contribution in [1.29, 1.82) is 0 Å². The fraction of sp³-hybridized carbons (Fsp3) is 0.435. The number of alkyl halides is 3. The molecule has 2 aromatic rings. The summed E-state index contributed by atoms with van der Waals surface area (Å²) in [5.74, 6) is -0.106. The van der Waals surface area contributed by atoms with E-state index >= 15 is 0 Å². The first-order chi connectivity index (χ1) is 14.6. The molecule has 168 valence electrons. The summed E-state index contributed by atoms with van der Waals surface area (Å²) >= 11 is 6.28. The third-order valence-electron chi connectivity index (χ3n) is 5.43. The number of amides is 1. The number of nitrogens with zero attached hydrogens (tertiary/aromatic N) is 2. The molecule has 3 rings (SSSR count). The van der Waals surface area contributed by atoms with Crippen molar-refractivity contribution in [2.24, 2.45) is 0 Å². The van der Waals surface area contributed by atoms with Gasteiger partial charge in [0.05, 0.1) is 22.8 Å². The third-order valence-corrected chi connectivity index (χ3v) is 5.73. The first kappa shape index (κ1) is 23.6. The second kappa shape index (κ2) is 10.0. The van der Waals surface area contributed by atoms with Crippen LogP contribution in [0, 0.1) is 13.8 Å². The minimum atomic E-state index is -4.32. The van der Waals surface area contributed by atoms with Crippen molar-refractivity contribution < 1.29 is 18.0 Å². The molecule has 0 unspecified atom stereocenters. The molecule has 0 spiro atoms. The highest BCUT2D eigenvalue weighted by Gasteiger charge is 2.30. The van der Waals surface area contributed by atoms with Gasteiger partial charge in [-0.15, -0.1) is 0 Å². The van der Waals surface area contributed by atoms with Gasteiger partial charge in [-0.3, -0.25) is 14.6 Å². The van der Waals surface area contributed by atoms with Gasteiger partial charge in [0.2, 0.25) is 5.91 Å². The molecule has 1 heterocycles. The van der Waals surface area contributed by atoms with Crippen LogP contribution in [0.25, 0.3) is 0 Å². The number of hydrogen-bond donors (Lipinski definition) is 1. The van der Waals surface area contributed by atoms with Crippen LogP contribution in [0.4, 0.5) is 18.9 Å². The minimum absolute atomic E-state index is 0.106. The Morgan fingerprint density at radius 3 is 2.32 bits per heavy atom. The van der Waals surface area contributed by atoms with Gasteiger partial charge in [-0.2, -0.15) is 13.2 Å². The van der Waals surface area contributed by atoms with Crippen LogP contribution in [0.15, 0.2) is 36.4 Å².